The van der Waals surface area contributed by atoms with E-state index in [2.05, 4.69) is 39.8 Å². The molecule has 0 amide bonds. The van der Waals surface area contributed by atoms with Gasteiger partial charge in [-0.05, 0) is 23.6 Å². The van der Waals surface area contributed by atoms with E-state index < -0.39 is 0 Å². The lowest BCUT2D eigenvalue weighted by atomic mass is 10.0. The highest BCUT2D eigenvalue weighted by atomic mass is 15.4. The number of guanidine groups is 1. The monoisotopic (exact) mass is 266 g/mol. The van der Waals surface area contributed by atoms with E-state index in [9.17, 15) is 0 Å². The van der Waals surface area contributed by atoms with Gasteiger partial charge in [-0.25, -0.2) is 5.43 Å². The molecule has 0 fully saturated rings. The quantitative estimate of drug-likeness (QED) is 0.509. The SMILES string of the molecule is CN=C(N)N/N=C(\C)c1ccc(-c2ccccc2)cc1. The summed E-state index contributed by atoms with van der Waals surface area (Å²) in [5.41, 5.74) is 12.5. The summed E-state index contributed by atoms with van der Waals surface area (Å²) in [4.78, 5) is 3.78. The first-order chi connectivity index (χ1) is 9.70. The van der Waals surface area contributed by atoms with Crippen LogP contribution in [0.15, 0.2) is 64.7 Å². The number of hydrazone groups is 1. The third-order valence-corrected chi connectivity index (χ3v) is 2.99. The molecule has 0 spiro atoms. The predicted molar refractivity (Wildman–Crippen MR) is 84.8 cm³/mol. The molecule has 3 N–H and O–H groups in total. The number of benzene rings is 2. The number of hydrogen-bond acceptors (Lipinski definition) is 2. The summed E-state index contributed by atoms with van der Waals surface area (Å²) in [6, 6.07) is 18.5. The van der Waals surface area contributed by atoms with Crippen molar-refractivity contribution in [1.29, 1.82) is 0 Å². The molecule has 0 heterocycles. The third-order valence-electron chi connectivity index (χ3n) is 2.99. The summed E-state index contributed by atoms with van der Waals surface area (Å²) in [7, 11) is 1.61. The zero-order valence-electron chi connectivity index (χ0n) is 11.7. The minimum atomic E-state index is 0.297. The first-order valence-electron chi connectivity index (χ1n) is 6.39. The van der Waals surface area contributed by atoms with Gasteiger partial charge in [-0.3, -0.25) is 4.99 Å². The summed E-state index contributed by atoms with van der Waals surface area (Å²) in [6.45, 7) is 1.92. The summed E-state index contributed by atoms with van der Waals surface area (Å²) < 4.78 is 0. The van der Waals surface area contributed by atoms with Crippen molar-refractivity contribution in [1.82, 2.24) is 5.43 Å². The molecule has 0 aliphatic heterocycles. The van der Waals surface area contributed by atoms with Gasteiger partial charge in [0.15, 0.2) is 0 Å². The van der Waals surface area contributed by atoms with E-state index in [0.717, 1.165) is 11.3 Å². The Balaban J connectivity index is 2.16. The molecule has 2 rings (SSSR count). The van der Waals surface area contributed by atoms with Crippen LogP contribution in [0.25, 0.3) is 11.1 Å². The number of nitrogens with two attached hydrogens (primary N) is 1. The van der Waals surface area contributed by atoms with Crippen LogP contribution >= 0.6 is 0 Å². The van der Waals surface area contributed by atoms with Crippen molar-refractivity contribution in [3.05, 3.63) is 60.2 Å². The molecular weight excluding hydrogens is 248 g/mol. The second kappa shape index (κ2) is 6.52. The van der Waals surface area contributed by atoms with Crippen molar-refractivity contribution in [2.75, 3.05) is 7.05 Å². The van der Waals surface area contributed by atoms with E-state index in [1.807, 2.05) is 37.3 Å². The topological polar surface area (TPSA) is 62.8 Å². The minimum Gasteiger partial charge on any atom is -0.369 e. The van der Waals surface area contributed by atoms with E-state index >= 15 is 0 Å². The molecule has 102 valence electrons. The number of aliphatic imine (C=N–C) groups is 1. The fraction of sp³-hybridized carbons (Fsp3) is 0.125. The lowest BCUT2D eigenvalue weighted by Crippen LogP contribution is -2.27. The molecular formula is C16H18N4. The number of nitrogens with one attached hydrogen (secondary N) is 1. The van der Waals surface area contributed by atoms with Gasteiger partial charge in [-0.2, -0.15) is 5.10 Å². The zero-order chi connectivity index (χ0) is 14.4. The van der Waals surface area contributed by atoms with E-state index in [1.54, 1.807) is 7.05 Å². The van der Waals surface area contributed by atoms with Crippen LogP contribution in [0.4, 0.5) is 0 Å². The zero-order valence-corrected chi connectivity index (χ0v) is 11.7. The van der Waals surface area contributed by atoms with Crippen LogP contribution in [0, 0.1) is 0 Å². The maximum absolute atomic E-state index is 5.53. The molecule has 0 saturated carbocycles. The summed E-state index contributed by atoms with van der Waals surface area (Å²) in [6.07, 6.45) is 0. The number of nitrogens with zero attached hydrogens (tertiary/aromatic N) is 2. The molecule has 0 aromatic heterocycles. The summed E-state index contributed by atoms with van der Waals surface area (Å²) in [5, 5.41) is 4.18. The molecule has 0 bridgehead atoms. The van der Waals surface area contributed by atoms with Crippen molar-refractivity contribution in [2.24, 2.45) is 15.8 Å². The molecule has 0 radical (unpaired) electrons. The van der Waals surface area contributed by atoms with E-state index in [4.69, 9.17) is 5.73 Å². The maximum atomic E-state index is 5.53. The van der Waals surface area contributed by atoms with E-state index in [0.29, 0.717) is 5.96 Å². The van der Waals surface area contributed by atoms with Gasteiger partial charge in [-0.15, -0.1) is 0 Å². The van der Waals surface area contributed by atoms with Crippen molar-refractivity contribution < 1.29 is 0 Å². The van der Waals surface area contributed by atoms with Crippen molar-refractivity contribution >= 4 is 11.7 Å². The number of hydrogen-bond donors (Lipinski definition) is 2. The molecule has 0 aliphatic rings. The molecule has 0 unspecified atom stereocenters. The minimum absolute atomic E-state index is 0.297. The fourth-order valence-corrected chi connectivity index (χ4v) is 1.79. The van der Waals surface area contributed by atoms with Crippen molar-refractivity contribution in [3.63, 3.8) is 0 Å². The van der Waals surface area contributed by atoms with Crippen molar-refractivity contribution in [2.45, 2.75) is 6.92 Å². The van der Waals surface area contributed by atoms with Crippen LogP contribution in [0.1, 0.15) is 12.5 Å². The Morgan fingerprint density at radius 2 is 1.55 bits per heavy atom. The van der Waals surface area contributed by atoms with Gasteiger partial charge < -0.3 is 5.73 Å². The largest absolute Gasteiger partial charge is 0.369 e. The Hall–Kier alpha value is -2.62. The van der Waals surface area contributed by atoms with Gasteiger partial charge in [0.25, 0.3) is 0 Å². The molecule has 0 saturated heterocycles. The first-order valence-corrected chi connectivity index (χ1v) is 6.39. The maximum Gasteiger partial charge on any atom is 0.209 e. The molecule has 20 heavy (non-hydrogen) atoms. The van der Waals surface area contributed by atoms with Crippen LogP contribution in [0.3, 0.4) is 0 Å². The number of rotatable bonds is 3. The molecule has 4 nitrogen and oxygen atoms in total. The smallest absolute Gasteiger partial charge is 0.209 e. The highest BCUT2D eigenvalue weighted by molar-refractivity contribution is 5.99. The second-order valence-corrected chi connectivity index (χ2v) is 4.36. The van der Waals surface area contributed by atoms with Gasteiger partial charge in [0.2, 0.25) is 5.96 Å². The fourth-order valence-electron chi connectivity index (χ4n) is 1.79. The Labute approximate surface area is 119 Å². The van der Waals surface area contributed by atoms with Crippen molar-refractivity contribution in [3.8, 4) is 11.1 Å². The normalized spacial score (nSPS) is 12.3. The van der Waals surface area contributed by atoms with Crippen LogP contribution < -0.4 is 11.2 Å². The first kappa shape index (κ1) is 13.8. The Morgan fingerprint density at radius 3 is 2.15 bits per heavy atom. The Kier molecular flexibility index (Phi) is 4.50. The Bertz CT molecular complexity index is 613. The summed E-state index contributed by atoms with van der Waals surface area (Å²) >= 11 is 0. The standard InChI is InChI=1S/C16H18N4/c1-12(19-20-16(17)18-2)13-8-10-15(11-9-13)14-6-4-3-5-7-14/h3-11H,1-2H3,(H3,17,18,20)/b19-12+. The lowest BCUT2D eigenvalue weighted by Gasteiger charge is -2.05. The molecule has 0 atom stereocenters. The highest BCUT2D eigenvalue weighted by Crippen LogP contribution is 2.19. The van der Waals surface area contributed by atoms with E-state index in [-0.39, 0.29) is 0 Å². The van der Waals surface area contributed by atoms with Gasteiger partial charge in [-0.1, -0.05) is 54.6 Å². The second-order valence-electron chi connectivity index (χ2n) is 4.36. The van der Waals surface area contributed by atoms with Crippen LogP contribution in [0.2, 0.25) is 0 Å². The van der Waals surface area contributed by atoms with Crippen LogP contribution in [0.5, 0.6) is 0 Å². The average Bonchev–Trinajstić information content (AvgIpc) is 2.53. The highest BCUT2D eigenvalue weighted by Gasteiger charge is 2.00. The average molecular weight is 266 g/mol. The summed E-state index contributed by atoms with van der Waals surface area (Å²) in [5.74, 6) is 0.297. The lowest BCUT2D eigenvalue weighted by molar-refractivity contribution is 0.997. The molecule has 2 aromatic carbocycles. The third kappa shape index (κ3) is 3.45. The van der Waals surface area contributed by atoms with Gasteiger partial charge in [0.1, 0.15) is 0 Å². The molecule has 2 aromatic rings. The van der Waals surface area contributed by atoms with E-state index in [1.165, 1.54) is 11.1 Å². The molecule has 0 aliphatic carbocycles. The van der Waals surface area contributed by atoms with Crippen LogP contribution in [-0.2, 0) is 0 Å². The van der Waals surface area contributed by atoms with Gasteiger partial charge in [0.05, 0.1) is 5.71 Å². The predicted octanol–water partition coefficient (Wildman–Crippen LogP) is 2.61. The molecule has 4 heteroatoms. The van der Waals surface area contributed by atoms with Gasteiger partial charge >= 0.3 is 0 Å². The Morgan fingerprint density at radius 1 is 0.950 bits per heavy atom. The van der Waals surface area contributed by atoms with Gasteiger partial charge in [0, 0.05) is 7.05 Å². The van der Waals surface area contributed by atoms with Crippen LogP contribution in [-0.4, -0.2) is 18.7 Å².